The zero-order valence-corrected chi connectivity index (χ0v) is 31.9. The van der Waals surface area contributed by atoms with Crippen LogP contribution in [0.15, 0.2) is 133 Å². The minimum Gasteiger partial charge on any atom is -0.392 e. The molecule has 0 aliphatic carbocycles. The van der Waals surface area contributed by atoms with Gasteiger partial charge in [0.2, 0.25) is 11.8 Å². The monoisotopic (exact) mass is 755 g/mol. The summed E-state index contributed by atoms with van der Waals surface area (Å²) in [5.41, 5.74) is 10.0. The zero-order valence-electron chi connectivity index (χ0n) is 31.9. The number of nitrogens with zero attached hydrogens (tertiary/aromatic N) is 1. The second kappa shape index (κ2) is 21.2. The standard InChI is InChI=1S/C47H53N3O6/c51-34-37-23-25-39(26-24-37)44-29-43(33-50(31-35-13-5-3-6-14-35)32-36-15-7-4-8-16-36)55-47(56-44)42-20-12-19-41(28-42)40-18-11-17-38(27-40)30-48-45(52)21-9-1-2-10-22-46(53)49-54/h3-8,11-20,23-28,43-44,47,51,54H,1-2,9-10,21-22,29-34H2,(H,48,52)(H,49,53). The number of hydrogen-bond acceptors (Lipinski definition) is 7. The lowest BCUT2D eigenvalue weighted by Crippen LogP contribution is -2.39. The van der Waals surface area contributed by atoms with Crippen molar-refractivity contribution in [2.45, 2.75) is 89.7 Å². The predicted molar refractivity (Wildman–Crippen MR) is 217 cm³/mol. The molecule has 292 valence electrons. The van der Waals surface area contributed by atoms with E-state index in [9.17, 15) is 14.7 Å². The molecule has 1 aliphatic heterocycles. The average Bonchev–Trinajstić information content (AvgIpc) is 3.24. The van der Waals surface area contributed by atoms with Crippen LogP contribution in [0.25, 0.3) is 11.1 Å². The fraction of sp³-hybridized carbons (Fsp3) is 0.319. The molecule has 0 saturated carbocycles. The maximum Gasteiger partial charge on any atom is 0.243 e. The third-order valence-electron chi connectivity index (χ3n) is 10.2. The van der Waals surface area contributed by atoms with E-state index in [0.717, 1.165) is 65.7 Å². The van der Waals surface area contributed by atoms with Crippen LogP contribution in [0.4, 0.5) is 0 Å². The van der Waals surface area contributed by atoms with E-state index in [0.29, 0.717) is 32.4 Å². The van der Waals surface area contributed by atoms with Crippen molar-refractivity contribution in [2.24, 2.45) is 0 Å². The predicted octanol–water partition coefficient (Wildman–Crippen LogP) is 8.56. The summed E-state index contributed by atoms with van der Waals surface area (Å²) in [6.07, 6.45) is 3.60. The molecule has 1 heterocycles. The van der Waals surface area contributed by atoms with Gasteiger partial charge in [-0.2, -0.15) is 0 Å². The molecule has 6 rings (SSSR count). The van der Waals surface area contributed by atoms with E-state index in [1.54, 1.807) is 5.48 Å². The largest absolute Gasteiger partial charge is 0.392 e. The minimum absolute atomic E-state index is 0.00157. The van der Waals surface area contributed by atoms with Crippen molar-refractivity contribution in [3.05, 3.63) is 167 Å². The number of aliphatic hydroxyl groups excluding tert-OH is 1. The summed E-state index contributed by atoms with van der Waals surface area (Å²) in [5, 5.41) is 21.3. The summed E-state index contributed by atoms with van der Waals surface area (Å²) >= 11 is 0. The lowest BCUT2D eigenvalue weighted by Gasteiger charge is -2.38. The SMILES string of the molecule is O=C(CCCCCCC(=O)NCc1cccc(-c2cccc(C3OC(CN(Cc4ccccc4)Cc4ccccc4)CC(c4ccc(CO)cc4)O3)c2)c1)NO. The molecule has 4 N–H and O–H groups in total. The Morgan fingerprint density at radius 1 is 0.625 bits per heavy atom. The van der Waals surface area contributed by atoms with Gasteiger partial charge in [0, 0.05) is 51.0 Å². The number of aliphatic hydroxyl groups is 1. The van der Waals surface area contributed by atoms with E-state index >= 15 is 0 Å². The van der Waals surface area contributed by atoms with Crippen LogP contribution in [-0.2, 0) is 45.3 Å². The van der Waals surface area contributed by atoms with Crippen LogP contribution >= 0.6 is 0 Å². The number of nitrogens with one attached hydrogen (secondary N) is 2. The van der Waals surface area contributed by atoms with Gasteiger partial charge in [-0.1, -0.05) is 134 Å². The molecule has 3 unspecified atom stereocenters. The lowest BCUT2D eigenvalue weighted by atomic mass is 9.98. The van der Waals surface area contributed by atoms with Crippen molar-refractivity contribution in [2.75, 3.05) is 6.54 Å². The molecule has 2 amide bonds. The first kappa shape index (κ1) is 40.5. The topological polar surface area (TPSA) is 120 Å². The highest BCUT2D eigenvalue weighted by Gasteiger charge is 2.33. The number of rotatable bonds is 19. The summed E-state index contributed by atoms with van der Waals surface area (Å²) in [7, 11) is 0. The number of benzene rings is 5. The van der Waals surface area contributed by atoms with Gasteiger partial charge in [0.25, 0.3) is 0 Å². The van der Waals surface area contributed by atoms with E-state index in [1.807, 2.05) is 54.6 Å². The van der Waals surface area contributed by atoms with Crippen molar-refractivity contribution in [1.82, 2.24) is 15.7 Å². The van der Waals surface area contributed by atoms with Gasteiger partial charge in [-0.25, -0.2) is 5.48 Å². The first-order valence-corrected chi connectivity index (χ1v) is 19.7. The Morgan fingerprint density at radius 2 is 1.23 bits per heavy atom. The van der Waals surface area contributed by atoms with Crippen LogP contribution in [0.3, 0.4) is 0 Å². The van der Waals surface area contributed by atoms with Gasteiger partial charge in [0.1, 0.15) is 0 Å². The third-order valence-corrected chi connectivity index (χ3v) is 10.2. The fourth-order valence-electron chi connectivity index (χ4n) is 7.18. The normalized spacial score (nSPS) is 16.7. The van der Waals surface area contributed by atoms with Gasteiger partial charge in [-0.15, -0.1) is 0 Å². The van der Waals surface area contributed by atoms with Crippen LogP contribution < -0.4 is 10.8 Å². The third kappa shape index (κ3) is 12.4. The molecule has 9 heteroatoms. The van der Waals surface area contributed by atoms with Crippen LogP contribution in [0, 0.1) is 0 Å². The molecule has 5 aromatic rings. The Hall–Kier alpha value is -5.16. The maximum absolute atomic E-state index is 12.6. The van der Waals surface area contributed by atoms with Gasteiger partial charge >= 0.3 is 0 Å². The number of ether oxygens (including phenoxy) is 2. The second-order valence-electron chi connectivity index (χ2n) is 14.5. The molecule has 0 aromatic heterocycles. The number of hydrogen-bond donors (Lipinski definition) is 4. The molecule has 1 aliphatic rings. The Labute approximate surface area is 330 Å². The molecule has 0 bridgehead atoms. The summed E-state index contributed by atoms with van der Waals surface area (Å²) in [5.74, 6) is -0.383. The first-order chi connectivity index (χ1) is 27.4. The summed E-state index contributed by atoms with van der Waals surface area (Å²) in [6, 6.07) is 45.6. The second-order valence-corrected chi connectivity index (χ2v) is 14.5. The molecule has 5 aromatic carbocycles. The number of carbonyl (C=O) groups excluding carboxylic acids is 2. The van der Waals surface area contributed by atoms with E-state index in [4.69, 9.17) is 14.7 Å². The molecular formula is C47H53N3O6. The summed E-state index contributed by atoms with van der Waals surface area (Å²) < 4.78 is 13.6. The van der Waals surface area contributed by atoms with E-state index in [1.165, 1.54) is 11.1 Å². The van der Waals surface area contributed by atoms with Gasteiger partial charge in [0.05, 0.1) is 18.8 Å². The van der Waals surface area contributed by atoms with Crippen LogP contribution in [0.2, 0.25) is 0 Å². The van der Waals surface area contributed by atoms with E-state index < -0.39 is 6.29 Å². The Kier molecular flexibility index (Phi) is 15.4. The number of unbranched alkanes of at least 4 members (excludes halogenated alkanes) is 3. The Bertz CT molecular complexity index is 1910. The first-order valence-electron chi connectivity index (χ1n) is 19.7. The molecule has 1 saturated heterocycles. The molecule has 9 nitrogen and oxygen atoms in total. The lowest BCUT2D eigenvalue weighted by molar-refractivity contribution is -0.253. The van der Waals surface area contributed by atoms with Gasteiger partial charge in [-0.3, -0.25) is 19.7 Å². The molecule has 3 atom stereocenters. The number of amides is 2. The molecular weight excluding hydrogens is 703 g/mol. The smallest absolute Gasteiger partial charge is 0.243 e. The highest BCUT2D eigenvalue weighted by Crippen LogP contribution is 2.39. The van der Waals surface area contributed by atoms with E-state index in [-0.39, 0.29) is 37.0 Å². The molecule has 56 heavy (non-hydrogen) atoms. The van der Waals surface area contributed by atoms with Crippen molar-refractivity contribution in [1.29, 1.82) is 0 Å². The van der Waals surface area contributed by atoms with Crippen molar-refractivity contribution < 1.29 is 29.4 Å². The van der Waals surface area contributed by atoms with Gasteiger partial charge < -0.3 is 19.9 Å². The highest BCUT2D eigenvalue weighted by molar-refractivity contribution is 5.76. The minimum atomic E-state index is -0.596. The molecule has 0 radical (unpaired) electrons. The highest BCUT2D eigenvalue weighted by atomic mass is 16.7. The quantitative estimate of drug-likeness (QED) is 0.0379. The Morgan fingerprint density at radius 3 is 1.88 bits per heavy atom. The van der Waals surface area contributed by atoms with Crippen LogP contribution in [-0.4, -0.2) is 39.7 Å². The summed E-state index contributed by atoms with van der Waals surface area (Å²) in [6.45, 7) is 2.71. The van der Waals surface area contributed by atoms with E-state index in [2.05, 4.69) is 89.1 Å². The van der Waals surface area contributed by atoms with Gasteiger partial charge in [0.15, 0.2) is 6.29 Å². The van der Waals surface area contributed by atoms with Crippen molar-refractivity contribution in [3.63, 3.8) is 0 Å². The van der Waals surface area contributed by atoms with Crippen molar-refractivity contribution in [3.8, 4) is 11.1 Å². The average molecular weight is 756 g/mol. The zero-order chi connectivity index (χ0) is 39.0. The molecule has 1 fully saturated rings. The number of hydroxylamine groups is 1. The van der Waals surface area contributed by atoms with Crippen LogP contribution in [0.1, 0.15) is 90.7 Å². The molecule has 0 spiro atoms. The fourth-order valence-corrected chi connectivity index (χ4v) is 7.18. The van der Waals surface area contributed by atoms with Gasteiger partial charge in [-0.05, 0) is 63.9 Å². The Balaban J connectivity index is 1.15. The maximum atomic E-state index is 12.6. The summed E-state index contributed by atoms with van der Waals surface area (Å²) in [4.78, 5) is 26.2. The van der Waals surface area contributed by atoms with Crippen molar-refractivity contribution >= 4 is 11.8 Å². The van der Waals surface area contributed by atoms with Crippen LogP contribution in [0.5, 0.6) is 0 Å². The number of carbonyl (C=O) groups is 2.